The summed E-state index contributed by atoms with van der Waals surface area (Å²) in [5.41, 5.74) is 0.815. The van der Waals surface area contributed by atoms with Crippen molar-refractivity contribution in [1.29, 1.82) is 0 Å². The first kappa shape index (κ1) is 11.5. The Morgan fingerprint density at radius 1 is 1.38 bits per heavy atom. The molecule has 1 heterocycles. The van der Waals surface area contributed by atoms with Crippen molar-refractivity contribution in [3.63, 3.8) is 0 Å². The summed E-state index contributed by atoms with van der Waals surface area (Å²) in [5.74, 6) is -1.12. The average molecular weight is 226 g/mol. The second-order valence-electron chi connectivity index (χ2n) is 4.19. The molecule has 2 nitrogen and oxygen atoms in total. The van der Waals surface area contributed by atoms with Crippen LogP contribution >= 0.6 is 0 Å². The molecule has 1 saturated heterocycles. The fourth-order valence-electron chi connectivity index (χ4n) is 2.34. The maximum Gasteiger partial charge on any atom is 0.159 e. The molecule has 88 valence electrons. The Hall–Kier alpha value is -1.00. The molecule has 0 saturated carbocycles. The monoisotopic (exact) mass is 226 g/mol. The molecule has 2 rings (SSSR count). The van der Waals surface area contributed by atoms with Crippen LogP contribution in [0.2, 0.25) is 0 Å². The smallest absolute Gasteiger partial charge is 0.159 e. The zero-order chi connectivity index (χ0) is 11.5. The van der Waals surface area contributed by atoms with Crippen LogP contribution in [-0.2, 0) is 0 Å². The van der Waals surface area contributed by atoms with E-state index in [-0.39, 0.29) is 6.04 Å². The van der Waals surface area contributed by atoms with E-state index in [1.165, 1.54) is 12.1 Å². The predicted molar refractivity (Wildman–Crippen MR) is 59.1 cm³/mol. The number of halogens is 2. The third-order valence-electron chi connectivity index (χ3n) is 3.18. The van der Waals surface area contributed by atoms with Gasteiger partial charge in [-0.05, 0) is 50.2 Å². The summed E-state index contributed by atoms with van der Waals surface area (Å²) in [6.45, 7) is 1.91. The minimum atomic E-state index is -0.789. The van der Waals surface area contributed by atoms with Gasteiger partial charge in [-0.2, -0.15) is 0 Å². The number of hydrogen-bond donors (Lipinski definition) is 2. The van der Waals surface area contributed by atoms with Gasteiger partial charge >= 0.3 is 0 Å². The summed E-state index contributed by atoms with van der Waals surface area (Å²) < 4.78 is 26.0. The highest BCUT2D eigenvalue weighted by Crippen LogP contribution is 2.27. The number of rotatable bonds is 3. The van der Waals surface area contributed by atoms with Gasteiger partial charge in [0.05, 0.1) is 0 Å². The molecule has 2 unspecified atom stereocenters. The lowest BCUT2D eigenvalue weighted by atomic mass is 9.92. The number of hydrogen-bond acceptors (Lipinski definition) is 2. The molecule has 1 aromatic rings. The van der Waals surface area contributed by atoms with Crippen LogP contribution in [-0.4, -0.2) is 20.1 Å². The van der Waals surface area contributed by atoms with Crippen LogP contribution in [0.4, 0.5) is 8.78 Å². The van der Waals surface area contributed by atoms with Crippen molar-refractivity contribution < 1.29 is 8.78 Å². The highest BCUT2D eigenvalue weighted by atomic mass is 19.2. The highest BCUT2D eigenvalue weighted by Gasteiger charge is 2.25. The normalized spacial score (nSPS) is 22.3. The molecule has 0 aliphatic carbocycles. The second kappa shape index (κ2) is 4.89. The molecule has 1 aromatic carbocycles. The van der Waals surface area contributed by atoms with Crippen molar-refractivity contribution in [3.8, 4) is 0 Å². The first-order valence-corrected chi connectivity index (χ1v) is 5.55. The fraction of sp³-hybridized carbons (Fsp3) is 0.500. The second-order valence-corrected chi connectivity index (χ2v) is 4.19. The zero-order valence-corrected chi connectivity index (χ0v) is 9.26. The Balaban J connectivity index is 2.22. The summed E-state index contributed by atoms with van der Waals surface area (Å²) in [5, 5.41) is 6.45. The maximum atomic E-state index is 13.1. The Bertz CT molecular complexity index is 362. The van der Waals surface area contributed by atoms with Crippen LogP contribution in [0.5, 0.6) is 0 Å². The molecule has 0 spiro atoms. The zero-order valence-electron chi connectivity index (χ0n) is 9.26. The first-order chi connectivity index (χ1) is 7.72. The van der Waals surface area contributed by atoms with E-state index < -0.39 is 11.6 Å². The quantitative estimate of drug-likeness (QED) is 0.821. The van der Waals surface area contributed by atoms with Crippen molar-refractivity contribution in [2.75, 3.05) is 20.1 Å². The van der Waals surface area contributed by atoms with Gasteiger partial charge in [-0.15, -0.1) is 0 Å². The van der Waals surface area contributed by atoms with Crippen LogP contribution in [0, 0.1) is 17.6 Å². The lowest BCUT2D eigenvalue weighted by Crippen LogP contribution is -2.27. The summed E-state index contributed by atoms with van der Waals surface area (Å²) in [6.07, 6.45) is 1.06. The number of nitrogens with one attached hydrogen (secondary N) is 2. The highest BCUT2D eigenvalue weighted by molar-refractivity contribution is 5.22. The van der Waals surface area contributed by atoms with E-state index in [9.17, 15) is 8.78 Å². The van der Waals surface area contributed by atoms with Crippen LogP contribution < -0.4 is 10.6 Å². The standard InChI is InChI=1S/C12H16F2N2/c1-15-12(9-4-5-16-7-9)8-2-3-10(13)11(14)6-8/h2-3,6,9,12,15-16H,4-5,7H2,1H3. The minimum absolute atomic E-state index is 0.0881. The van der Waals surface area contributed by atoms with Gasteiger partial charge in [0, 0.05) is 6.04 Å². The fourth-order valence-corrected chi connectivity index (χ4v) is 2.34. The molecule has 4 heteroatoms. The molecule has 1 aliphatic rings. The van der Waals surface area contributed by atoms with Gasteiger partial charge in [0.2, 0.25) is 0 Å². The summed E-state index contributed by atoms with van der Waals surface area (Å²) in [4.78, 5) is 0. The summed E-state index contributed by atoms with van der Waals surface area (Å²) in [6, 6.07) is 4.22. The van der Waals surface area contributed by atoms with Gasteiger partial charge in [0.25, 0.3) is 0 Å². The molecule has 0 aromatic heterocycles. The first-order valence-electron chi connectivity index (χ1n) is 5.55. The van der Waals surface area contributed by atoms with Gasteiger partial charge in [-0.1, -0.05) is 6.07 Å². The Morgan fingerprint density at radius 3 is 2.75 bits per heavy atom. The maximum absolute atomic E-state index is 13.1. The van der Waals surface area contributed by atoms with Crippen molar-refractivity contribution in [3.05, 3.63) is 35.4 Å². The van der Waals surface area contributed by atoms with Gasteiger partial charge in [-0.3, -0.25) is 0 Å². The van der Waals surface area contributed by atoms with Crippen molar-refractivity contribution in [1.82, 2.24) is 10.6 Å². The van der Waals surface area contributed by atoms with Crippen LogP contribution in [0.25, 0.3) is 0 Å². The van der Waals surface area contributed by atoms with Crippen LogP contribution in [0.1, 0.15) is 18.0 Å². The molecule has 16 heavy (non-hydrogen) atoms. The predicted octanol–water partition coefficient (Wildman–Crippen LogP) is 1.83. The van der Waals surface area contributed by atoms with Crippen molar-refractivity contribution in [2.24, 2.45) is 5.92 Å². The van der Waals surface area contributed by atoms with E-state index in [2.05, 4.69) is 10.6 Å². The Kier molecular flexibility index (Phi) is 3.51. The SMILES string of the molecule is CNC(c1ccc(F)c(F)c1)C1CCNC1. The molecule has 0 amide bonds. The summed E-state index contributed by atoms with van der Waals surface area (Å²) >= 11 is 0. The third-order valence-corrected chi connectivity index (χ3v) is 3.18. The van der Waals surface area contributed by atoms with E-state index in [1.807, 2.05) is 7.05 Å². The van der Waals surface area contributed by atoms with Gasteiger partial charge in [0.15, 0.2) is 11.6 Å². The van der Waals surface area contributed by atoms with Crippen LogP contribution in [0.15, 0.2) is 18.2 Å². The lowest BCUT2D eigenvalue weighted by molar-refractivity contribution is 0.406. The minimum Gasteiger partial charge on any atom is -0.316 e. The van der Waals surface area contributed by atoms with Gasteiger partial charge < -0.3 is 10.6 Å². The van der Waals surface area contributed by atoms with E-state index >= 15 is 0 Å². The molecule has 0 bridgehead atoms. The lowest BCUT2D eigenvalue weighted by Gasteiger charge is -2.22. The van der Waals surface area contributed by atoms with Gasteiger partial charge in [0.1, 0.15) is 0 Å². The number of benzene rings is 1. The average Bonchev–Trinajstić information content (AvgIpc) is 2.78. The van der Waals surface area contributed by atoms with E-state index in [0.29, 0.717) is 5.92 Å². The molecule has 1 fully saturated rings. The molecule has 2 atom stereocenters. The Morgan fingerprint density at radius 2 is 2.19 bits per heavy atom. The van der Waals surface area contributed by atoms with E-state index in [0.717, 1.165) is 25.1 Å². The van der Waals surface area contributed by atoms with Crippen molar-refractivity contribution >= 4 is 0 Å². The molecule has 1 aliphatic heterocycles. The van der Waals surface area contributed by atoms with Crippen molar-refractivity contribution in [2.45, 2.75) is 12.5 Å². The molecule has 2 N–H and O–H groups in total. The van der Waals surface area contributed by atoms with Gasteiger partial charge in [-0.25, -0.2) is 8.78 Å². The topological polar surface area (TPSA) is 24.1 Å². The van der Waals surface area contributed by atoms with Crippen LogP contribution in [0.3, 0.4) is 0 Å². The summed E-state index contributed by atoms with van der Waals surface area (Å²) in [7, 11) is 1.85. The van der Waals surface area contributed by atoms with E-state index in [1.54, 1.807) is 6.07 Å². The third kappa shape index (κ3) is 2.23. The molecular weight excluding hydrogens is 210 g/mol. The molecular formula is C12H16F2N2. The van der Waals surface area contributed by atoms with E-state index in [4.69, 9.17) is 0 Å². The Labute approximate surface area is 94.0 Å². The largest absolute Gasteiger partial charge is 0.316 e. The molecule has 0 radical (unpaired) electrons.